The largest absolute Gasteiger partial charge is 0.497 e. The third-order valence-electron chi connectivity index (χ3n) is 5.44. The zero-order chi connectivity index (χ0) is 17.2. The minimum Gasteiger partial charge on any atom is -0.497 e. The predicted octanol–water partition coefficient (Wildman–Crippen LogP) is 3.25. The van der Waals surface area contributed by atoms with E-state index in [-0.39, 0.29) is 17.9 Å². The van der Waals surface area contributed by atoms with Crippen LogP contribution in [0.15, 0.2) is 29.1 Å². The number of ether oxygens (including phenoxy) is 1. The zero-order valence-electron chi connectivity index (χ0n) is 14.5. The van der Waals surface area contributed by atoms with Crippen molar-refractivity contribution < 1.29 is 14.1 Å². The highest BCUT2D eigenvalue weighted by atomic mass is 16.5. The van der Waals surface area contributed by atoms with Gasteiger partial charge in [0.15, 0.2) is 5.82 Å². The first-order valence-electron chi connectivity index (χ1n) is 9.01. The van der Waals surface area contributed by atoms with Gasteiger partial charge < -0.3 is 14.2 Å². The number of carbonyl (C=O) groups is 1. The maximum atomic E-state index is 13.4. The fourth-order valence-electron chi connectivity index (χ4n) is 4.13. The van der Waals surface area contributed by atoms with E-state index in [2.05, 4.69) is 16.2 Å². The summed E-state index contributed by atoms with van der Waals surface area (Å²) in [7, 11) is 1.66. The molecule has 0 bridgehead atoms. The van der Waals surface area contributed by atoms with Gasteiger partial charge in [0.25, 0.3) is 0 Å². The first kappa shape index (κ1) is 16.1. The number of benzene rings is 1. The zero-order valence-corrected chi connectivity index (χ0v) is 14.5. The molecule has 0 saturated carbocycles. The van der Waals surface area contributed by atoms with Crippen LogP contribution in [-0.2, 0) is 11.2 Å². The van der Waals surface area contributed by atoms with E-state index in [0.717, 1.165) is 56.4 Å². The average Bonchev–Trinajstić information content (AvgIpc) is 3.25. The maximum Gasteiger partial charge on any atom is 0.230 e. The summed E-state index contributed by atoms with van der Waals surface area (Å²) >= 11 is 0. The molecule has 6 heteroatoms. The lowest BCUT2D eigenvalue weighted by Crippen LogP contribution is -2.38. The van der Waals surface area contributed by atoms with Crippen LogP contribution in [0.5, 0.6) is 5.75 Å². The second kappa shape index (κ2) is 6.86. The molecular weight excluding hydrogens is 318 g/mol. The minimum atomic E-state index is -0.0994. The molecular formula is C19H23N3O3. The van der Waals surface area contributed by atoms with Gasteiger partial charge in [0.05, 0.1) is 19.1 Å². The standard InChI is InChI=1S/C19H23N3O3/c1-24-14-8-6-13-7-9-15(16(13)11-14)19(23)22-10-4-2-3-5-17(22)18-20-12-25-21-18/h6,8,11-12,15,17H,2-5,7,9-10H2,1H3/t15-,17+/m0/s1. The first-order chi connectivity index (χ1) is 12.3. The van der Waals surface area contributed by atoms with Gasteiger partial charge in [-0.05, 0) is 48.9 Å². The Morgan fingerprint density at radius 1 is 1.28 bits per heavy atom. The molecule has 1 aromatic heterocycles. The molecule has 0 spiro atoms. The highest BCUT2D eigenvalue weighted by Crippen LogP contribution is 2.39. The van der Waals surface area contributed by atoms with E-state index in [9.17, 15) is 4.79 Å². The van der Waals surface area contributed by atoms with Crippen molar-refractivity contribution in [2.24, 2.45) is 0 Å². The smallest absolute Gasteiger partial charge is 0.230 e. The monoisotopic (exact) mass is 341 g/mol. The number of hydrogen-bond donors (Lipinski definition) is 0. The summed E-state index contributed by atoms with van der Waals surface area (Å²) in [5.74, 6) is 1.52. The molecule has 0 radical (unpaired) electrons. The van der Waals surface area contributed by atoms with Crippen molar-refractivity contribution >= 4 is 5.91 Å². The van der Waals surface area contributed by atoms with Crippen LogP contribution in [0.3, 0.4) is 0 Å². The summed E-state index contributed by atoms with van der Waals surface area (Å²) < 4.78 is 10.3. The number of carbonyl (C=O) groups excluding carboxylic acids is 1. The Bertz CT molecular complexity index is 744. The van der Waals surface area contributed by atoms with Crippen molar-refractivity contribution in [2.75, 3.05) is 13.7 Å². The average molecular weight is 341 g/mol. The van der Waals surface area contributed by atoms with Gasteiger partial charge in [0.2, 0.25) is 12.3 Å². The lowest BCUT2D eigenvalue weighted by atomic mass is 9.98. The van der Waals surface area contributed by atoms with Gasteiger partial charge in [-0.1, -0.05) is 24.1 Å². The highest BCUT2D eigenvalue weighted by molar-refractivity contribution is 5.85. The van der Waals surface area contributed by atoms with Crippen molar-refractivity contribution in [3.8, 4) is 5.75 Å². The molecule has 1 aliphatic heterocycles. The van der Waals surface area contributed by atoms with E-state index in [0.29, 0.717) is 5.82 Å². The number of rotatable bonds is 3. The third-order valence-corrected chi connectivity index (χ3v) is 5.44. The Morgan fingerprint density at radius 3 is 3.00 bits per heavy atom. The van der Waals surface area contributed by atoms with Crippen LogP contribution in [0, 0.1) is 0 Å². The number of methoxy groups -OCH3 is 1. The Hall–Kier alpha value is -2.37. The molecule has 2 heterocycles. The predicted molar refractivity (Wildman–Crippen MR) is 91.3 cm³/mol. The lowest BCUT2D eigenvalue weighted by molar-refractivity contribution is -0.135. The number of nitrogens with zero attached hydrogens (tertiary/aromatic N) is 3. The van der Waals surface area contributed by atoms with Crippen LogP contribution < -0.4 is 4.74 Å². The molecule has 1 fully saturated rings. The topological polar surface area (TPSA) is 68.5 Å². The highest BCUT2D eigenvalue weighted by Gasteiger charge is 2.37. The quantitative estimate of drug-likeness (QED) is 0.857. The number of likely N-dealkylation sites (tertiary alicyclic amines) is 1. The van der Waals surface area contributed by atoms with E-state index in [1.165, 1.54) is 12.0 Å². The van der Waals surface area contributed by atoms with Crippen molar-refractivity contribution in [3.05, 3.63) is 41.5 Å². The number of aromatic nitrogens is 2. The van der Waals surface area contributed by atoms with Crippen LogP contribution in [0.4, 0.5) is 0 Å². The summed E-state index contributed by atoms with van der Waals surface area (Å²) in [6.07, 6.45) is 7.28. The van der Waals surface area contributed by atoms with Gasteiger partial charge in [-0.25, -0.2) is 0 Å². The molecule has 1 saturated heterocycles. The molecule has 1 aromatic carbocycles. The Morgan fingerprint density at radius 2 is 2.20 bits per heavy atom. The van der Waals surface area contributed by atoms with E-state index in [4.69, 9.17) is 9.26 Å². The fourth-order valence-corrected chi connectivity index (χ4v) is 4.13. The summed E-state index contributed by atoms with van der Waals surface area (Å²) in [5.41, 5.74) is 2.37. The molecule has 2 aliphatic rings. The van der Waals surface area contributed by atoms with Gasteiger partial charge in [0, 0.05) is 6.54 Å². The number of amides is 1. The van der Waals surface area contributed by atoms with E-state index in [1.807, 2.05) is 17.0 Å². The van der Waals surface area contributed by atoms with Crippen LogP contribution in [0.2, 0.25) is 0 Å². The minimum absolute atomic E-state index is 0.0802. The summed E-state index contributed by atoms with van der Waals surface area (Å²) in [6.45, 7) is 0.758. The van der Waals surface area contributed by atoms with Crippen LogP contribution in [0.1, 0.15) is 61.0 Å². The van der Waals surface area contributed by atoms with Crippen LogP contribution >= 0.6 is 0 Å². The first-order valence-corrected chi connectivity index (χ1v) is 9.01. The third kappa shape index (κ3) is 3.01. The summed E-state index contributed by atoms with van der Waals surface area (Å²) in [4.78, 5) is 19.6. The molecule has 1 aliphatic carbocycles. The van der Waals surface area contributed by atoms with Gasteiger partial charge in [-0.2, -0.15) is 4.98 Å². The van der Waals surface area contributed by atoms with Crippen LogP contribution in [0.25, 0.3) is 0 Å². The van der Waals surface area contributed by atoms with Crippen LogP contribution in [-0.4, -0.2) is 34.6 Å². The molecule has 25 heavy (non-hydrogen) atoms. The summed E-state index contributed by atoms with van der Waals surface area (Å²) in [5, 5.41) is 4.01. The number of fused-ring (bicyclic) bond motifs is 1. The Balaban J connectivity index is 1.63. The van der Waals surface area contributed by atoms with Crippen molar-refractivity contribution in [1.82, 2.24) is 15.0 Å². The van der Waals surface area contributed by atoms with Crippen molar-refractivity contribution in [3.63, 3.8) is 0 Å². The fraction of sp³-hybridized carbons (Fsp3) is 0.526. The van der Waals surface area contributed by atoms with E-state index < -0.39 is 0 Å². The second-order valence-corrected chi connectivity index (χ2v) is 6.84. The maximum absolute atomic E-state index is 13.4. The molecule has 6 nitrogen and oxygen atoms in total. The van der Waals surface area contributed by atoms with E-state index >= 15 is 0 Å². The van der Waals surface area contributed by atoms with Crippen molar-refractivity contribution in [2.45, 2.75) is 50.5 Å². The summed E-state index contributed by atoms with van der Waals surface area (Å²) in [6, 6.07) is 6.00. The number of hydrogen-bond acceptors (Lipinski definition) is 5. The second-order valence-electron chi connectivity index (χ2n) is 6.84. The van der Waals surface area contributed by atoms with Gasteiger partial charge in [-0.15, -0.1) is 0 Å². The Labute approximate surface area is 147 Å². The molecule has 132 valence electrons. The van der Waals surface area contributed by atoms with Gasteiger partial charge in [-0.3, -0.25) is 4.79 Å². The molecule has 1 amide bonds. The lowest BCUT2D eigenvalue weighted by Gasteiger charge is -2.30. The van der Waals surface area contributed by atoms with Gasteiger partial charge in [0.1, 0.15) is 5.75 Å². The molecule has 0 N–H and O–H groups in total. The normalized spacial score (nSPS) is 23.2. The van der Waals surface area contributed by atoms with E-state index in [1.54, 1.807) is 7.11 Å². The molecule has 4 rings (SSSR count). The Kier molecular flexibility index (Phi) is 4.42. The molecule has 2 atom stereocenters. The number of aryl methyl sites for hydroxylation is 1. The molecule has 0 unspecified atom stereocenters. The SMILES string of the molecule is COc1ccc2c(c1)[C@@H](C(=O)N1CCCCC[C@@H]1c1ncon1)CC2. The molecule has 2 aromatic rings. The van der Waals surface area contributed by atoms with Gasteiger partial charge >= 0.3 is 0 Å². The van der Waals surface area contributed by atoms with Crippen molar-refractivity contribution in [1.29, 1.82) is 0 Å².